The molecule has 12 heteroatoms. The Kier molecular flexibility index (Phi) is 5.12. The van der Waals surface area contributed by atoms with E-state index in [1.54, 1.807) is 0 Å². The fourth-order valence-electron chi connectivity index (χ4n) is 3.50. The highest BCUT2D eigenvalue weighted by atomic mass is 32.2. The molecule has 0 N–H and O–H groups in total. The molecule has 0 radical (unpaired) electrons. The molecule has 2 aliphatic rings. The Labute approximate surface area is 181 Å². The molecular weight excluding hydrogens is 449 g/mol. The molecular formula is C20H17F3N4O4S. The van der Waals surface area contributed by atoms with Crippen LogP contribution >= 0.6 is 0 Å². The molecule has 168 valence electrons. The lowest BCUT2D eigenvalue weighted by Gasteiger charge is -2.29. The van der Waals surface area contributed by atoms with Crippen molar-refractivity contribution in [3.63, 3.8) is 0 Å². The zero-order chi connectivity index (χ0) is 23.3. The molecule has 8 nitrogen and oxygen atoms in total. The Morgan fingerprint density at radius 2 is 1.97 bits per heavy atom. The van der Waals surface area contributed by atoms with Gasteiger partial charge in [0.25, 0.3) is 0 Å². The summed E-state index contributed by atoms with van der Waals surface area (Å²) in [7, 11) is -3.76. The number of halogens is 3. The fraction of sp³-hybridized carbons (Fsp3) is 0.400. The van der Waals surface area contributed by atoms with Gasteiger partial charge in [-0.25, -0.2) is 13.2 Å². The van der Waals surface area contributed by atoms with Gasteiger partial charge in [0.05, 0.1) is 39.7 Å². The van der Waals surface area contributed by atoms with Gasteiger partial charge in [-0.15, -0.1) is 0 Å². The normalized spacial score (nSPS) is 17.3. The topological polar surface area (TPSA) is 113 Å². The average Bonchev–Trinajstić information content (AvgIpc) is 3.55. The van der Waals surface area contributed by atoms with Gasteiger partial charge >= 0.3 is 12.3 Å². The standard InChI is InChI=1S/C20H17F3N4O4S/c1-2-32(29,30)16-6-13(19(10-24)3-4-19)7-26-17(16)14-5-12-9-31-18(28)27(11-20(21,22)23)15(12)8-25-14/h5-8H,2-4,9,11H2,1H3. The molecule has 4 rings (SSSR count). The van der Waals surface area contributed by atoms with E-state index >= 15 is 0 Å². The van der Waals surface area contributed by atoms with Crippen LogP contribution in [-0.2, 0) is 26.6 Å². The first-order valence-electron chi connectivity index (χ1n) is 9.64. The van der Waals surface area contributed by atoms with Crippen molar-refractivity contribution in [3.05, 3.63) is 35.7 Å². The lowest BCUT2D eigenvalue weighted by Crippen LogP contribution is -2.42. The predicted molar refractivity (Wildman–Crippen MR) is 105 cm³/mol. The van der Waals surface area contributed by atoms with Crippen LogP contribution in [0.5, 0.6) is 0 Å². The number of rotatable bonds is 5. The van der Waals surface area contributed by atoms with Crippen LogP contribution in [0.15, 0.2) is 29.4 Å². The lowest BCUT2D eigenvalue weighted by atomic mass is 9.99. The monoisotopic (exact) mass is 466 g/mol. The largest absolute Gasteiger partial charge is 0.444 e. The van der Waals surface area contributed by atoms with Crippen LogP contribution in [0.3, 0.4) is 0 Å². The number of cyclic esters (lactones) is 1. The van der Waals surface area contributed by atoms with E-state index in [-0.39, 0.29) is 39.9 Å². The molecule has 0 atom stereocenters. The van der Waals surface area contributed by atoms with E-state index in [2.05, 4.69) is 16.0 Å². The maximum absolute atomic E-state index is 12.9. The molecule has 0 aromatic carbocycles. The number of amides is 1. The molecule has 0 spiro atoms. The number of pyridine rings is 2. The first kappa shape index (κ1) is 22.0. The summed E-state index contributed by atoms with van der Waals surface area (Å²) < 4.78 is 69.0. The van der Waals surface area contributed by atoms with Crippen LogP contribution in [0.2, 0.25) is 0 Å². The van der Waals surface area contributed by atoms with Crippen molar-refractivity contribution in [3.8, 4) is 17.5 Å². The number of fused-ring (bicyclic) bond motifs is 1. The van der Waals surface area contributed by atoms with Crippen LogP contribution in [0, 0.1) is 11.3 Å². The van der Waals surface area contributed by atoms with Gasteiger partial charge in [0.15, 0.2) is 9.84 Å². The molecule has 0 unspecified atom stereocenters. The number of anilines is 1. The van der Waals surface area contributed by atoms with Crippen molar-refractivity contribution < 1.29 is 31.1 Å². The van der Waals surface area contributed by atoms with Crippen molar-refractivity contribution in [1.82, 2.24) is 9.97 Å². The maximum atomic E-state index is 12.9. The van der Waals surface area contributed by atoms with Gasteiger partial charge in [0.2, 0.25) is 0 Å². The Morgan fingerprint density at radius 1 is 1.25 bits per heavy atom. The molecule has 32 heavy (non-hydrogen) atoms. The molecule has 1 fully saturated rings. The van der Waals surface area contributed by atoms with Crippen LogP contribution < -0.4 is 4.90 Å². The SMILES string of the molecule is CCS(=O)(=O)c1cc(C2(C#N)CC2)cnc1-c1cc2c(cn1)N(CC(F)(F)F)C(=O)OC2. The highest BCUT2D eigenvalue weighted by Gasteiger charge is 2.46. The van der Waals surface area contributed by atoms with Gasteiger partial charge in [-0.1, -0.05) is 6.92 Å². The van der Waals surface area contributed by atoms with E-state index in [4.69, 9.17) is 4.74 Å². The fourth-order valence-corrected chi connectivity index (χ4v) is 4.57. The molecule has 2 aromatic heterocycles. The minimum Gasteiger partial charge on any atom is -0.444 e. The minimum absolute atomic E-state index is 0.0198. The minimum atomic E-state index is -4.65. The maximum Gasteiger partial charge on any atom is 0.414 e. The summed E-state index contributed by atoms with van der Waals surface area (Å²) in [6.07, 6.45) is -2.08. The van der Waals surface area contributed by atoms with E-state index in [0.717, 1.165) is 6.20 Å². The number of nitriles is 1. The van der Waals surface area contributed by atoms with Crippen molar-refractivity contribution in [2.24, 2.45) is 0 Å². The number of nitrogens with zero attached hydrogens (tertiary/aromatic N) is 4. The van der Waals surface area contributed by atoms with Gasteiger partial charge in [-0.2, -0.15) is 18.4 Å². The molecule has 3 heterocycles. The van der Waals surface area contributed by atoms with Crippen molar-refractivity contribution in [2.75, 3.05) is 17.2 Å². The number of hydrogen-bond acceptors (Lipinski definition) is 7. The van der Waals surface area contributed by atoms with Crippen molar-refractivity contribution >= 4 is 21.6 Å². The quantitative estimate of drug-likeness (QED) is 0.663. The van der Waals surface area contributed by atoms with Gasteiger partial charge in [-0.3, -0.25) is 14.9 Å². The Morgan fingerprint density at radius 3 is 2.56 bits per heavy atom. The van der Waals surface area contributed by atoms with Crippen LogP contribution in [-0.4, -0.2) is 43.0 Å². The van der Waals surface area contributed by atoms with Crippen molar-refractivity contribution in [2.45, 2.75) is 42.9 Å². The summed E-state index contributed by atoms with van der Waals surface area (Å²) in [6, 6.07) is 4.98. The second kappa shape index (κ2) is 7.44. The third kappa shape index (κ3) is 3.88. The smallest absolute Gasteiger partial charge is 0.414 e. The Hall–Kier alpha value is -3.20. The lowest BCUT2D eigenvalue weighted by molar-refractivity contribution is -0.119. The van der Waals surface area contributed by atoms with Crippen LogP contribution in [0.4, 0.5) is 23.7 Å². The molecule has 1 amide bonds. The molecule has 1 saturated carbocycles. The Bertz CT molecular complexity index is 1250. The summed E-state index contributed by atoms with van der Waals surface area (Å²) in [5.74, 6) is -0.216. The third-order valence-electron chi connectivity index (χ3n) is 5.49. The van der Waals surface area contributed by atoms with E-state index in [1.165, 1.54) is 25.3 Å². The Balaban J connectivity index is 1.81. The van der Waals surface area contributed by atoms with Crippen LogP contribution in [0.25, 0.3) is 11.4 Å². The summed E-state index contributed by atoms with van der Waals surface area (Å²) in [6.45, 7) is -0.361. The third-order valence-corrected chi connectivity index (χ3v) is 7.23. The summed E-state index contributed by atoms with van der Waals surface area (Å²) >= 11 is 0. The van der Waals surface area contributed by atoms with E-state index in [9.17, 15) is 31.6 Å². The zero-order valence-corrected chi connectivity index (χ0v) is 17.6. The molecule has 0 saturated heterocycles. The molecule has 1 aliphatic heterocycles. The molecule has 1 aliphatic carbocycles. The molecule has 2 aromatic rings. The molecule has 0 bridgehead atoms. The number of aromatic nitrogens is 2. The summed E-state index contributed by atoms with van der Waals surface area (Å²) in [4.78, 5) is 20.5. The van der Waals surface area contributed by atoms with Gasteiger partial charge in [0.1, 0.15) is 18.8 Å². The van der Waals surface area contributed by atoms with E-state index < -0.39 is 34.1 Å². The van der Waals surface area contributed by atoms with Crippen molar-refractivity contribution in [1.29, 1.82) is 5.26 Å². The van der Waals surface area contributed by atoms with Crippen LogP contribution in [0.1, 0.15) is 30.9 Å². The second-order valence-electron chi connectivity index (χ2n) is 7.62. The van der Waals surface area contributed by atoms with E-state index in [0.29, 0.717) is 23.3 Å². The number of sulfone groups is 1. The second-order valence-corrected chi connectivity index (χ2v) is 9.87. The number of carbonyl (C=O) groups excluding carboxylic acids is 1. The number of hydrogen-bond donors (Lipinski definition) is 0. The highest BCUT2D eigenvalue weighted by Crippen LogP contribution is 2.48. The summed E-state index contributed by atoms with van der Waals surface area (Å²) in [5, 5.41) is 9.44. The van der Waals surface area contributed by atoms with Gasteiger partial charge < -0.3 is 4.74 Å². The number of alkyl halides is 3. The first-order valence-corrected chi connectivity index (χ1v) is 11.3. The highest BCUT2D eigenvalue weighted by molar-refractivity contribution is 7.91. The predicted octanol–water partition coefficient (Wildman–Crippen LogP) is 3.51. The number of carbonyl (C=O) groups is 1. The first-order chi connectivity index (χ1) is 15.0. The van der Waals surface area contributed by atoms with E-state index in [1.807, 2.05) is 0 Å². The number of ether oxygens (including phenoxy) is 1. The zero-order valence-electron chi connectivity index (χ0n) is 16.8. The summed E-state index contributed by atoms with van der Waals surface area (Å²) in [5.41, 5.74) is 0.0408. The average molecular weight is 466 g/mol. The van der Waals surface area contributed by atoms with Gasteiger partial charge in [-0.05, 0) is 30.5 Å². The van der Waals surface area contributed by atoms with Gasteiger partial charge in [0, 0.05) is 11.8 Å².